The molecular formula is C15H24N2O. The lowest BCUT2D eigenvalue weighted by Gasteiger charge is -2.18. The van der Waals surface area contributed by atoms with Crippen molar-refractivity contribution in [1.82, 2.24) is 4.90 Å². The molecule has 0 aliphatic carbocycles. The Labute approximate surface area is 110 Å². The van der Waals surface area contributed by atoms with Crippen LogP contribution >= 0.6 is 0 Å². The summed E-state index contributed by atoms with van der Waals surface area (Å²) in [4.78, 5) is 2.19. The van der Waals surface area contributed by atoms with Crippen LogP contribution in [0.3, 0.4) is 0 Å². The highest BCUT2D eigenvalue weighted by atomic mass is 16.5. The summed E-state index contributed by atoms with van der Waals surface area (Å²) in [5, 5.41) is 3.64. The third-order valence-corrected chi connectivity index (χ3v) is 3.25. The van der Waals surface area contributed by atoms with Crippen molar-refractivity contribution in [1.29, 1.82) is 0 Å². The van der Waals surface area contributed by atoms with Crippen LogP contribution < -0.4 is 5.32 Å². The normalized spacial score (nSPS) is 20.7. The molecule has 1 aromatic carbocycles. The van der Waals surface area contributed by atoms with Gasteiger partial charge in [0.25, 0.3) is 0 Å². The predicted octanol–water partition coefficient (Wildman–Crippen LogP) is 2.73. The first-order valence-corrected chi connectivity index (χ1v) is 6.82. The molecule has 1 saturated heterocycles. The minimum absolute atomic E-state index is 0.558. The number of benzene rings is 1. The van der Waals surface area contributed by atoms with Crippen molar-refractivity contribution < 1.29 is 4.74 Å². The molecule has 1 aliphatic rings. The van der Waals surface area contributed by atoms with E-state index in [2.05, 4.69) is 48.6 Å². The molecule has 1 heterocycles. The first-order chi connectivity index (χ1) is 8.74. The average Bonchev–Trinajstić information content (AvgIpc) is 2.57. The molecule has 0 bridgehead atoms. The summed E-state index contributed by atoms with van der Waals surface area (Å²) >= 11 is 0. The summed E-state index contributed by atoms with van der Waals surface area (Å²) in [7, 11) is 4.20. The van der Waals surface area contributed by atoms with E-state index < -0.39 is 0 Å². The third kappa shape index (κ3) is 4.31. The third-order valence-electron chi connectivity index (χ3n) is 3.25. The van der Waals surface area contributed by atoms with E-state index in [0.29, 0.717) is 6.04 Å². The first kappa shape index (κ1) is 13.4. The Bertz CT molecular complexity index is 357. The average molecular weight is 248 g/mol. The van der Waals surface area contributed by atoms with Crippen molar-refractivity contribution in [3.8, 4) is 0 Å². The lowest BCUT2D eigenvalue weighted by atomic mass is 10.1. The van der Waals surface area contributed by atoms with E-state index in [1.165, 1.54) is 17.7 Å². The molecule has 0 saturated carbocycles. The largest absolute Gasteiger partial charge is 0.382 e. The maximum atomic E-state index is 5.49. The maximum Gasteiger partial charge on any atom is 0.0485 e. The molecule has 3 nitrogen and oxygen atoms in total. The van der Waals surface area contributed by atoms with E-state index in [4.69, 9.17) is 4.74 Å². The van der Waals surface area contributed by atoms with Crippen LogP contribution in [0.1, 0.15) is 24.8 Å². The summed E-state index contributed by atoms with van der Waals surface area (Å²) in [6.07, 6.45) is 3.48. The zero-order valence-electron chi connectivity index (χ0n) is 11.5. The standard InChI is InChI=1S/C15H24N2O/c1-17(2)12-13-5-3-6-15(11-13)16-14-7-4-9-18-10-8-14/h3,5-6,11,14,16H,4,7-10,12H2,1-2H3. The lowest BCUT2D eigenvalue weighted by molar-refractivity contribution is 0.144. The van der Waals surface area contributed by atoms with E-state index in [1.807, 2.05) is 0 Å². The number of ether oxygens (including phenoxy) is 1. The molecule has 100 valence electrons. The fourth-order valence-electron chi connectivity index (χ4n) is 2.41. The number of rotatable bonds is 4. The summed E-state index contributed by atoms with van der Waals surface area (Å²) in [5.41, 5.74) is 2.59. The van der Waals surface area contributed by atoms with E-state index in [1.54, 1.807) is 0 Å². The van der Waals surface area contributed by atoms with Gasteiger partial charge >= 0.3 is 0 Å². The van der Waals surface area contributed by atoms with Gasteiger partial charge in [0.2, 0.25) is 0 Å². The molecule has 0 amide bonds. The van der Waals surface area contributed by atoms with Gasteiger partial charge in [0.15, 0.2) is 0 Å². The molecule has 1 N–H and O–H groups in total. The van der Waals surface area contributed by atoms with Crippen LogP contribution in [-0.4, -0.2) is 38.3 Å². The molecule has 1 unspecified atom stereocenters. The van der Waals surface area contributed by atoms with Crippen LogP contribution in [-0.2, 0) is 11.3 Å². The topological polar surface area (TPSA) is 24.5 Å². The molecular weight excluding hydrogens is 224 g/mol. The van der Waals surface area contributed by atoms with Gasteiger partial charge in [0, 0.05) is 31.5 Å². The molecule has 1 aromatic rings. The number of hydrogen-bond acceptors (Lipinski definition) is 3. The second-order valence-corrected chi connectivity index (χ2v) is 5.32. The van der Waals surface area contributed by atoms with Gasteiger partial charge in [-0.25, -0.2) is 0 Å². The second kappa shape index (κ2) is 6.76. The number of hydrogen-bond donors (Lipinski definition) is 1. The quantitative estimate of drug-likeness (QED) is 0.886. The molecule has 0 spiro atoms. The van der Waals surface area contributed by atoms with Gasteiger partial charge in [-0.3, -0.25) is 0 Å². The van der Waals surface area contributed by atoms with Crippen molar-refractivity contribution >= 4 is 5.69 Å². The molecule has 2 rings (SSSR count). The van der Waals surface area contributed by atoms with Gasteiger partial charge in [0.05, 0.1) is 0 Å². The molecule has 0 aromatic heterocycles. The van der Waals surface area contributed by atoms with Gasteiger partial charge in [-0.05, 0) is 51.1 Å². The highest BCUT2D eigenvalue weighted by Crippen LogP contribution is 2.17. The number of nitrogens with one attached hydrogen (secondary N) is 1. The molecule has 1 aliphatic heterocycles. The minimum atomic E-state index is 0.558. The summed E-state index contributed by atoms with van der Waals surface area (Å²) < 4.78 is 5.49. The Morgan fingerprint density at radius 1 is 1.28 bits per heavy atom. The first-order valence-electron chi connectivity index (χ1n) is 6.82. The fraction of sp³-hybridized carbons (Fsp3) is 0.600. The van der Waals surface area contributed by atoms with Crippen LogP contribution in [0.5, 0.6) is 0 Å². The molecule has 1 fully saturated rings. The predicted molar refractivity (Wildman–Crippen MR) is 75.9 cm³/mol. The minimum Gasteiger partial charge on any atom is -0.382 e. The Hall–Kier alpha value is -1.06. The van der Waals surface area contributed by atoms with E-state index in [0.717, 1.165) is 32.6 Å². The summed E-state index contributed by atoms with van der Waals surface area (Å²) in [6, 6.07) is 9.29. The van der Waals surface area contributed by atoms with Crippen LogP contribution in [0.4, 0.5) is 5.69 Å². The maximum absolute atomic E-state index is 5.49. The summed E-state index contributed by atoms with van der Waals surface area (Å²) in [6.45, 7) is 2.79. The monoisotopic (exact) mass is 248 g/mol. The lowest BCUT2D eigenvalue weighted by Crippen LogP contribution is -2.19. The van der Waals surface area contributed by atoms with Crippen LogP contribution in [0.15, 0.2) is 24.3 Å². The van der Waals surface area contributed by atoms with E-state index in [-0.39, 0.29) is 0 Å². The highest BCUT2D eigenvalue weighted by Gasteiger charge is 2.12. The van der Waals surface area contributed by atoms with Crippen molar-refractivity contribution in [2.24, 2.45) is 0 Å². The van der Waals surface area contributed by atoms with Gasteiger partial charge in [-0.1, -0.05) is 12.1 Å². The van der Waals surface area contributed by atoms with Crippen LogP contribution in [0.25, 0.3) is 0 Å². The van der Waals surface area contributed by atoms with Gasteiger partial charge in [-0.15, -0.1) is 0 Å². The van der Waals surface area contributed by atoms with Crippen LogP contribution in [0, 0.1) is 0 Å². The summed E-state index contributed by atoms with van der Waals surface area (Å²) in [5.74, 6) is 0. The Kier molecular flexibility index (Phi) is 5.02. The SMILES string of the molecule is CN(C)Cc1cccc(NC2CCCOCC2)c1. The molecule has 0 radical (unpaired) electrons. The van der Waals surface area contributed by atoms with Gasteiger partial charge < -0.3 is 15.0 Å². The van der Waals surface area contributed by atoms with E-state index >= 15 is 0 Å². The van der Waals surface area contributed by atoms with Crippen molar-refractivity contribution in [3.05, 3.63) is 29.8 Å². The fourth-order valence-corrected chi connectivity index (χ4v) is 2.41. The number of anilines is 1. The molecule has 18 heavy (non-hydrogen) atoms. The Morgan fingerprint density at radius 2 is 2.17 bits per heavy atom. The van der Waals surface area contributed by atoms with E-state index in [9.17, 15) is 0 Å². The zero-order chi connectivity index (χ0) is 12.8. The Morgan fingerprint density at radius 3 is 3.00 bits per heavy atom. The van der Waals surface area contributed by atoms with Gasteiger partial charge in [0.1, 0.15) is 0 Å². The number of nitrogens with zero attached hydrogens (tertiary/aromatic N) is 1. The smallest absolute Gasteiger partial charge is 0.0485 e. The van der Waals surface area contributed by atoms with Crippen molar-refractivity contribution in [2.45, 2.75) is 31.8 Å². The molecule has 3 heteroatoms. The van der Waals surface area contributed by atoms with Crippen molar-refractivity contribution in [2.75, 3.05) is 32.6 Å². The Balaban J connectivity index is 1.95. The second-order valence-electron chi connectivity index (χ2n) is 5.32. The highest BCUT2D eigenvalue weighted by molar-refractivity contribution is 5.46. The van der Waals surface area contributed by atoms with Crippen LogP contribution in [0.2, 0.25) is 0 Å². The zero-order valence-corrected chi connectivity index (χ0v) is 11.5. The molecule has 1 atom stereocenters. The van der Waals surface area contributed by atoms with Crippen molar-refractivity contribution in [3.63, 3.8) is 0 Å². The van der Waals surface area contributed by atoms with Gasteiger partial charge in [-0.2, -0.15) is 0 Å².